The molecule has 1 saturated heterocycles. The number of hydrogen-bond donors (Lipinski definition) is 0. The van der Waals surface area contributed by atoms with E-state index in [9.17, 15) is 23.2 Å². The van der Waals surface area contributed by atoms with Crippen LogP contribution in [0.15, 0.2) is 59.4 Å². The molecule has 1 aliphatic heterocycles. The number of ketones is 2. The van der Waals surface area contributed by atoms with E-state index in [1.165, 1.54) is 16.8 Å². The van der Waals surface area contributed by atoms with Crippen LogP contribution in [0.25, 0.3) is 11.3 Å². The van der Waals surface area contributed by atoms with Crippen LogP contribution in [0, 0.1) is 11.6 Å². The number of Topliss-reactive ketones (excluding diaryl/α,β-unsaturated/α-hetero) is 2. The molecule has 9 heteroatoms. The van der Waals surface area contributed by atoms with E-state index >= 15 is 0 Å². The molecule has 0 spiro atoms. The lowest BCUT2D eigenvalue weighted by Crippen LogP contribution is -2.39. The van der Waals surface area contributed by atoms with Gasteiger partial charge in [0.05, 0.1) is 32.0 Å². The van der Waals surface area contributed by atoms with Crippen molar-refractivity contribution in [2.24, 2.45) is 0 Å². The Morgan fingerprint density at radius 2 is 1.69 bits per heavy atom. The minimum atomic E-state index is -0.741. The van der Waals surface area contributed by atoms with Crippen molar-refractivity contribution in [3.05, 3.63) is 87.7 Å². The largest absolute Gasteiger partial charge is 0.379 e. The average molecular weight is 481 g/mol. The smallest absolute Gasteiger partial charge is 0.267 e. The molecule has 182 valence electrons. The summed E-state index contributed by atoms with van der Waals surface area (Å²) in [7, 11) is 0. The van der Waals surface area contributed by atoms with Crippen LogP contribution in [-0.4, -0.2) is 59.1 Å². The first-order valence-corrected chi connectivity index (χ1v) is 11.4. The molecule has 0 radical (unpaired) electrons. The Morgan fingerprint density at radius 1 is 0.943 bits per heavy atom. The molecule has 3 aromatic rings. The maximum Gasteiger partial charge on any atom is 0.267 e. The van der Waals surface area contributed by atoms with E-state index in [-0.39, 0.29) is 42.2 Å². The Balaban J connectivity index is 1.42. The van der Waals surface area contributed by atoms with Crippen LogP contribution in [0.4, 0.5) is 8.78 Å². The zero-order chi connectivity index (χ0) is 24.8. The number of halogens is 2. The molecule has 0 bridgehead atoms. The summed E-state index contributed by atoms with van der Waals surface area (Å²) in [6.45, 7) is 3.03. The number of ether oxygens (including phenoxy) is 1. The predicted molar refractivity (Wildman–Crippen MR) is 125 cm³/mol. The molecule has 1 aromatic heterocycles. The normalized spacial score (nSPS) is 14.1. The fraction of sp³-hybridized carbons (Fsp3) is 0.308. The van der Waals surface area contributed by atoms with Crippen molar-refractivity contribution in [3.63, 3.8) is 0 Å². The molecule has 7 nitrogen and oxygen atoms in total. The second-order valence-electron chi connectivity index (χ2n) is 8.42. The number of benzene rings is 2. The van der Waals surface area contributed by atoms with Crippen LogP contribution in [0.3, 0.4) is 0 Å². The molecule has 35 heavy (non-hydrogen) atoms. The molecule has 2 heterocycles. The third kappa shape index (κ3) is 6.74. The second kappa shape index (κ2) is 11.2. The molecule has 0 unspecified atom stereocenters. The number of rotatable bonds is 9. The van der Waals surface area contributed by atoms with Crippen LogP contribution >= 0.6 is 0 Å². The number of carbonyl (C=O) groups excluding carboxylic acids is 2. The molecule has 4 rings (SSSR count). The lowest BCUT2D eigenvalue weighted by molar-refractivity contribution is -0.121. The van der Waals surface area contributed by atoms with E-state index in [0.29, 0.717) is 44.0 Å². The Labute approximate surface area is 200 Å². The number of nitrogens with zero attached hydrogens (tertiary/aromatic N) is 3. The standard InChI is InChI=1S/C26H25F2N3O4/c27-21-13-20(14-22(28)15-21)24-5-7-26(34)31(29-24)16-18-2-1-3-19(12-18)25(33)6-4-23(32)17-30-8-10-35-11-9-30/h1-3,5,7,12-15H,4,6,8-11,16-17H2. The highest BCUT2D eigenvalue weighted by molar-refractivity contribution is 5.98. The van der Waals surface area contributed by atoms with E-state index in [1.807, 2.05) is 4.90 Å². The van der Waals surface area contributed by atoms with Gasteiger partial charge in [-0.15, -0.1) is 0 Å². The number of carbonyl (C=O) groups is 2. The Kier molecular flexibility index (Phi) is 7.89. The fourth-order valence-corrected chi connectivity index (χ4v) is 3.92. The van der Waals surface area contributed by atoms with Gasteiger partial charge in [-0.3, -0.25) is 19.3 Å². The third-order valence-corrected chi connectivity index (χ3v) is 5.74. The second-order valence-corrected chi connectivity index (χ2v) is 8.42. The number of aromatic nitrogens is 2. The van der Waals surface area contributed by atoms with Crippen LogP contribution in [0.2, 0.25) is 0 Å². The van der Waals surface area contributed by atoms with Gasteiger partial charge in [-0.2, -0.15) is 5.10 Å². The maximum atomic E-state index is 13.6. The van der Waals surface area contributed by atoms with Crippen molar-refractivity contribution >= 4 is 11.6 Å². The van der Waals surface area contributed by atoms with Gasteiger partial charge in [0, 0.05) is 49.2 Å². The summed E-state index contributed by atoms with van der Waals surface area (Å²) in [5, 5.41) is 4.24. The molecule has 2 aromatic carbocycles. The lowest BCUT2D eigenvalue weighted by atomic mass is 10.0. The van der Waals surface area contributed by atoms with Crippen LogP contribution in [-0.2, 0) is 16.1 Å². The monoisotopic (exact) mass is 481 g/mol. The highest BCUT2D eigenvalue weighted by Gasteiger charge is 2.16. The van der Waals surface area contributed by atoms with Crippen molar-refractivity contribution in [2.45, 2.75) is 19.4 Å². The number of morpholine rings is 1. The van der Waals surface area contributed by atoms with Gasteiger partial charge < -0.3 is 4.74 Å². The van der Waals surface area contributed by atoms with E-state index in [1.54, 1.807) is 24.3 Å². The molecule has 0 aliphatic carbocycles. The summed E-state index contributed by atoms with van der Waals surface area (Å²) >= 11 is 0. The summed E-state index contributed by atoms with van der Waals surface area (Å²) in [4.78, 5) is 39.3. The SMILES string of the molecule is O=C(CCC(=O)c1cccc(Cn2nc(-c3cc(F)cc(F)c3)ccc2=O)c1)CN1CCOCC1. The van der Waals surface area contributed by atoms with Crippen molar-refractivity contribution in [1.29, 1.82) is 0 Å². The van der Waals surface area contributed by atoms with Crippen molar-refractivity contribution in [1.82, 2.24) is 14.7 Å². The topological polar surface area (TPSA) is 81.5 Å². The molecule has 0 amide bonds. The van der Waals surface area contributed by atoms with Gasteiger partial charge in [0.25, 0.3) is 5.56 Å². The molecule has 1 aliphatic rings. The van der Waals surface area contributed by atoms with E-state index < -0.39 is 17.2 Å². The molecular weight excluding hydrogens is 456 g/mol. The quantitative estimate of drug-likeness (QED) is 0.437. The van der Waals surface area contributed by atoms with Crippen molar-refractivity contribution in [3.8, 4) is 11.3 Å². The van der Waals surface area contributed by atoms with E-state index in [2.05, 4.69) is 5.10 Å². The van der Waals surface area contributed by atoms with Gasteiger partial charge in [-0.25, -0.2) is 13.5 Å². The lowest BCUT2D eigenvalue weighted by Gasteiger charge is -2.25. The van der Waals surface area contributed by atoms with Gasteiger partial charge in [-0.05, 0) is 29.8 Å². The van der Waals surface area contributed by atoms with Crippen LogP contribution in [0.1, 0.15) is 28.8 Å². The summed E-state index contributed by atoms with van der Waals surface area (Å²) in [5.74, 6) is -1.63. The summed E-state index contributed by atoms with van der Waals surface area (Å²) in [6.07, 6.45) is 0.263. The first kappa shape index (κ1) is 24.6. The van der Waals surface area contributed by atoms with Crippen LogP contribution in [0.5, 0.6) is 0 Å². The predicted octanol–water partition coefficient (Wildman–Crippen LogP) is 3.10. The fourth-order valence-electron chi connectivity index (χ4n) is 3.92. The molecule has 0 saturated carbocycles. The Bertz CT molecular complexity index is 1270. The first-order valence-electron chi connectivity index (χ1n) is 11.4. The van der Waals surface area contributed by atoms with E-state index in [4.69, 9.17) is 4.74 Å². The zero-order valence-corrected chi connectivity index (χ0v) is 19.1. The maximum absolute atomic E-state index is 13.6. The number of hydrogen-bond acceptors (Lipinski definition) is 6. The Hall–Kier alpha value is -3.56. The van der Waals surface area contributed by atoms with Crippen LogP contribution < -0.4 is 5.56 Å². The van der Waals surface area contributed by atoms with Gasteiger partial charge in [0.1, 0.15) is 17.4 Å². The van der Waals surface area contributed by atoms with Gasteiger partial charge in [0.2, 0.25) is 0 Å². The third-order valence-electron chi connectivity index (χ3n) is 5.74. The van der Waals surface area contributed by atoms with Gasteiger partial charge in [0.15, 0.2) is 5.78 Å². The minimum absolute atomic E-state index is 0.0118. The highest BCUT2D eigenvalue weighted by Crippen LogP contribution is 2.19. The molecule has 0 N–H and O–H groups in total. The molecule has 1 fully saturated rings. The van der Waals surface area contributed by atoms with E-state index in [0.717, 1.165) is 18.2 Å². The average Bonchev–Trinajstić information content (AvgIpc) is 2.84. The molecule has 0 atom stereocenters. The summed E-state index contributed by atoms with van der Waals surface area (Å²) in [6, 6.07) is 12.5. The summed E-state index contributed by atoms with van der Waals surface area (Å²) in [5.41, 5.74) is 1.16. The zero-order valence-electron chi connectivity index (χ0n) is 19.1. The van der Waals surface area contributed by atoms with Gasteiger partial charge >= 0.3 is 0 Å². The summed E-state index contributed by atoms with van der Waals surface area (Å²) < 4.78 is 33.6. The highest BCUT2D eigenvalue weighted by atomic mass is 19.1. The van der Waals surface area contributed by atoms with Gasteiger partial charge in [-0.1, -0.05) is 18.2 Å². The minimum Gasteiger partial charge on any atom is -0.379 e. The van der Waals surface area contributed by atoms with Crippen molar-refractivity contribution < 1.29 is 23.1 Å². The molecular formula is C26H25F2N3O4. The first-order chi connectivity index (χ1) is 16.9. The van der Waals surface area contributed by atoms with Crippen molar-refractivity contribution in [2.75, 3.05) is 32.8 Å². The Morgan fingerprint density at radius 3 is 2.43 bits per heavy atom.